The Kier molecular flexibility index (Phi) is 2.27. The van der Waals surface area contributed by atoms with Gasteiger partial charge in [0.05, 0.1) is 5.92 Å². The molecular formula is C7H12NO2-. The summed E-state index contributed by atoms with van der Waals surface area (Å²) >= 11 is 0. The van der Waals surface area contributed by atoms with Crippen LogP contribution in [0.15, 0.2) is 0 Å². The first-order chi connectivity index (χ1) is 4.70. The molecule has 1 heterocycles. The van der Waals surface area contributed by atoms with Gasteiger partial charge in [-0.15, -0.1) is 0 Å². The molecule has 0 aromatic heterocycles. The van der Waals surface area contributed by atoms with Gasteiger partial charge in [-0.3, -0.25) is 11.8 Å². The molecule has 0 aliphatic carbocycles. The van der Waals surface area contributed by atoms with Crippen molar-refractivity contribution in [2.45, 2.75) is 12.8 Å². The van der Waals surface area contributed by atoms with E-state index in [9.17, 15) is 4.79 Å². The summed E-state index contributed by atoms with van der Waals surface area (Å²) in [4.78, 5) is 12.3. The van der Waals surface area contributed by atoms with E-state index in [0.29, 0.717) is 6.54 Å². The Morgan fingerprint density at radius 1 is 1.70 bits per heavy atom. The van der Waals surface area contributed by atoms with Crippen molar-refractivity contribution in [2.24, 2.45) is 5.92 Å². The summed E-state index contributed by atoms with van der Waals surface area (Å²) in [6.45, 7) is 1.54. The molecule has 3 nitrogen and oxygen atoms in total. The quantitative estimate of drug-likeness (QED) is 0.544. The molecule has 0 aromatic rings. The molecule has 0 saturated carbocycles. The maximum atomic E-state index is 10.4. The lowest BCUT2D eigenvalue weighted by Crippen LogP contribution is -2.34. The Labute approximate surface area is 60.6 Å². The van der Waals surface area contributed by atoms with E-state index in [0.717, 1.165) is 19.4 Å². The smallest absolute Gasteiger partial charge is 0.307 e. The lowest BCUT2D eigenvalue weighted by molar-refractivity contribution is -0.143. The van der Waals surface area contributed by atoms with Crippen LogP contribution in [-0.2, 0) is 4.79 Å². The van der Waals surface area contributed by atoms with E-state index < -0.39 is 5.97 Å². The number of nitrogens with zero attached hydrogens (tertiary/aromatic N) is 1. The number of carboxylic acids is 1. The Morgan fingerprint density at radius 2 is 2.40 bits per heavy atom. The molecule has 0 radical (unpaired) electrons. The van der Waals surface area contributed by atoms with E-state index in [1.165, 1.54) is 0 Å². The number of rotatable bonds is 1. The van der Waals surface area contributed by atoms with Crippen molar-refractivity contribution in [1.82, 2.24) is 4.90 Å². The lowest BCUT2D eigenvalue weighted by Gasteiger charge is -2.33. The van der Waals surface area contributed by atoms with Crippen LogP contribution in [0.25, 0.3) is 0 Å². The van der Waals surface area contributed by atoms with Crippen LogP contribution in [0.4, 0.5) is 0 Å². The molecule has 1 saturated heterocycles. The van der Waals surface area contributed by atoms with Crippen molar-refractivity contribution >= 4 is 5.97 Å². The van der Waals surface area contributed by atoms with Crippen LogP contribution in [-0.4, -0.2) is 29.1 Å². The molecule has 0 bridgehead atoms. The summed E-state index contributed by atoms with van der Waals surface area (Å²) in [5, 5.41) is 8.60. The standard InChI is InChI=1S/C7H12NO2/c1-8-4-2-3-6(5-8)7(9)10/h6H,1-5H2,(H,9,10)/q-1/t6-/m0/s1. The third-order valence-electron chi connectivity index (χ3n) is 1.85. The summed E-state index contributed by atoms with van der Waals surface area (Å²) in [6.07, 6.45) is 1.77. The highest BCUT2D eigenvalue weighted by molar-refractivity contribution is 5.70. The number of likely N-dealkylation sites (tertiary alicyclic amines) is 1. The van der Waals surface area contributed by atoms with E-state index >= 15 is 0 Å². The molecule has 0 unspecified atom stereocenters. The fourth-order valence-corrected chi connectivity index (χ4v) is 1.26. The van der Waals surface area contributed by atoms with E-state index in [4.69, 9.17) is 5.11 Å². The number of carbonyl (C=O) groups is 1. The Morgan fingerprint density at radius 3 is 2.80 bits per heavy atom. The third-order valence-corrected chi connectivity index (χ3v) is 1.85. The number of hydrogen-bond acceptors (Lipinski definition) is 2. The SMILES string of the molecule is [CH2-]N1CCC[C@H](C(=O)O)C1. The molecule has 1 aliphatic heterocycles. The monoisotopic (exact) mass is 142 g/mol. The number of hydrogen-bond donors (Lipinski definition) is 1. The molecule has 1 atom stereocenters. The van der Waals surface area contributed by atoms with Crippen molar-refractivity contribution in [3.63, 3.8) is 0 Å². The van der Waals surface area contributed by atoms with Gasteiger partial charge in [0.15, 0.2) is 0 Å². The topological polar surface area (TPSA) is 40.5 Å². The van der Waals surface area contributed by atoms with Crippen LogP contribution in [0.1, 0.15) is 12.8 Å². The second-order valence-corrected chi connectivity index (χ2v) is 2.75. The van der Waals surface area contributed by atoms with Crippen LogP contribution < -0.4 is 0 Å². The maximum Gasteiger partial charge on any atom is 0.307 e. The first kappa shape index (κ1) is 7.54. The molecule has 1 aliphatic rings. The zero-order chi connectivity index (χ0) is 7.56. The first-order valence-corrected chi connectivity index (χ1v) is 3.48. The fourth-order valence-electron chi connectivity index (χ4n) is 1.26. The van der Waals surface area contributed by atoms with Gasteiger partial charge in [-0.25, -0.2) is 0 Å². The predicted molar refractivity (Wildman–Crippen MR) is 37.3 cm³/mol. The van der Waals surface area contributed by atoms with E-state index in [1.54, 1.807) is 0 Å². The van der Waals surface area contributed by atoms with Gasteiger partial charge in [-0.2, -0.15) is 0 Å². The van der Waals surface area contributed by atoms with Gasteiger partial charge >= 0.3 is 5.97 Å². The van der Waals surface area contributed by atoms with Gasteiger partial charge in [-0.05, 0) is 25.9 Å². The molecule has 58 valence electrons. The van der Waals surface area contributed by atoms with Gasteiger partial charge in [0.2, 0.25) is 0 Å². The Hall–Kier alpha value is -0.570. The summed E-state index contributed by atoms with van der Waals surface area (Å²) in [5.74, 6) is -0.875. The number of carboxylic acid groups (broad SMARTS) is 1. The van der Waals surface area contributed by atoms with Crippen molar-refractivity contribution < 1.29 is 9.90 Å². The van der Waals surface area contributed by atoms with Gasteiger partial charge in [0.1, 0.15) is 0 Å². The second kappa shape index (κ2) is 3.01. The van der Waals surface area contributed by atoms with E-state index in [1.807, 2.05) is 4.90 Å². The Balaban J connectivity index is 2.39. The zero-order valence-electron chi connectivity index (χ0n) is 5.92. The van der Waals surface area contributed by atoms with Crippen molar-refractivity contribution in [2.75, 3.05) is 13.1 Å². The second-order valence-electron chi connectivity index (χ2n) is 2.75. The zero-order valence-corrected chi connectivity index (χ0v) is 5.92. The van der Waals surface area contributed by atoms with Crippen molar-refractivity contribution in [1.29, 1.82) is 0 Å². The lowest BCUT2D eigenvalue weighted by atomic mass is 9.99. The summed E-state index contributed by atoms with van der Waals surface area (Å²) in [6, 6.07) is 0. The van der Waals surface area contributed by atoms with Crippen LogP contribution in [0.5, 0.6) is 0 Å². The largest absolute Gasteiger partial charge is 0.481 e. The summed E-state index contributed by atoms with van der Waals surface area (Å²) in [7, 11) is 3.70. The fraction of sp³-hybridized carbons (Fsp3) is 0.714. The number of piperidine rings is 1. The minimum Gasteiger partial charge on any atom is -0.481 e. The van der Waals surface area contributed by atoms with E-state index in [2.05, 4.69) is 7.05 Å². The molecule has 0 spiro atoms. The molecule has 1 rings (SSSR count). The molecular weight excluding hydrogens is 130 g/mol. The summed E-state index contributed by atoms with van der Waals surface area (Å²) in [5.41, 5.74) is 0. The van der Waals surface area contributed by atoms with Crippen LogP contribution in [0.3, 0.4) is 0 Å². The minimum atomic E-state index is -0.687. The Bertz CT molecular complexity index is 136. The maximum absolute atomic E-state index is 10.4. The molecule has 0 aromatic carbocycles. The van der Waals surface area contributed by atoms with Crippen molar-refractivity contribution in [3.05, 3.63) is 7.05 Å². The molecule has 3 heteroatoms. The molecule has 1 N–H and O–H groups in total. The summed E-state index contributed by atoms with van der Waals surface area (Å²) < 4.78 is 0. The highest BCUT2D eigenvalue weighted by Crippen LogP contribution is 2.14. The average Bonchev–Trinajstić information content (AvgIpc) is 1.88. The molecule has 1 fully saturated rings. The predicted octanol–water partition coefficient (Wildman–Crippen LogP) is 0.575. The third kappa shape index (κ3) is 1.70. The van der Waals surface area contributed by atoms with Gasteiger partial charge in [0, 0.05) is 0 Å². The van der Waals surface area contributed by atoms with Crippen molar-refractivity contribution in [3.8, 4) is 0 Å². The normalized spacial score (nSPS) is 28.3. The van der Waals surface area contributed by atoms with E-state index in [-0.39, 0.29) is 5.92 Å². The van der Waals surface area contributed by atoms with Crippen LogP contribution in [0.2, 0.25) is 0 Å². The molecule has 0 amide bonds. The van der Waals surface area contributed by atoms with Crippen LogP contribution >= 0.6 is 0 Å². The number of aliphatic carboxylic acids is 1. The molecule has 10 heavy (non-hydrogen) atoms. The highest BCUT2D eigenvalue weighted by Gasteiger charge is 2.20. The minimum absolute atomic E-state index is 0.189. The van der Waals surface area contributed by atoms with Gasteiger partial charge < -0.3 is 10.0 Å². The first-order valence-electron chi connectivity index (χ1n) is 3.48. The van der Waals surface area contributed by atoms with Crippen LogP contribution in [0, 0.1) is 13.0 Å². The van der Waals surface area contributed by atoms with Gasteiger partial charge in [0.25, 0.3) is 0 Å². The average molecular weight is 142 g/mol. The van der Waals surface area contributed by atoms with Gasteiger partial charge in [-0.1, -0.05) is 0 Å². The highest BCUT2D eigenvalue weighted by atomic mass is 16.4.